The Bertz CT molecular complexity index is 1030. The first-order chi connectivity index (χ1) is 15.7. The molecule has 2 aliphatic rings. The average molecular weight is 436 g/mol. The minimum atomic E-state index is 0.682. The molecule has 32 heavy (non-hydrogen) atoms. The van der Waals surface area contributed by atoms with Gasteiger partial charge in [0.1, 0.15) is 11.6 Å². The molecular weight excluding hydrogens is 402 g/mol. The van der Waals surface area contributed by atoms with Crippen molar-refractivity contribution >= 4 is 22.8 Å². The molecule has 2 aromatic heterocycles. The number of benzene rings is 1. The summed E-state index contributed by atoms with van der Waals surface area (Å²) in [6.45, 7) is 5.22. The van der Waals surface area contributed by atoms with Crippen LogP contribution in [0.2, 0.25) is 0 Å². The van der Waals surface area contributed by atoms with Crippen molar-refractivity contribution in [1.82, 2.24) is 24.6 Å². The highest BCUT2D eigenvalue weighted by atomic mass is 16.5. The van der Waals surface area contributed by atoms with Crippen molar-refractivity contribution in [3.8, 4) is 5.75 Å². The normalized spacial score (nSPS) is 18.2. The molecule has 2 fully saturated rings. The zero-order valence-electron chi connectivity index (χ0n) is 19.1. The van der Waals surface area contributed by atoms with Gasteiger partial charge in [0.2, 0.25) is 5.95 Å². The number of fused-ring (bicyclic) bond motifs is 1. The molecule has 0 saturated carbocycles. The van der Waals surface area contributed by atoms with E-state index in [1.165, 1.54) is 50.8 Å². The zero-order valence-corrected chi connectivity index (χ0v) is 19.1. The number of hydrogen-bond donors (Lipinski definition) is 1. The van der Waals surface area contributed by atoms with Gasteiger partial charge in [0.05, 0.1) is 18.7 Å². The zero-order chi connectivity index (χ0) is 21.9. The van der Waals surface area contributed by atoms with Crippen LogP contribution in [0.5, 0.6) is 5.75 Å². The molecule has 0 spiro atoms. The summed E-state index contributed by atoms with van der Waals surface area (Å²) in [5, 5.41) is 8.89. The van der Waals surface area contributed by atoms with Gasteiger partial charge in [-0.25, -0.2) is 0 Å². The van der Waals surface area contributed by atoms with Crippen molar-refractivity contribution in [3.05, 3.63) is 36.0 Å². The van der Waals surface area contributed by atoms with Crippen molar-refractivity contribution < 1.29 is 4.74 Å². The van der Waals surface area contributed by atoms with Gasteiger partial charge in [-0.05, 0) is 56.5 Å². The molecule has 8 heteroatoms. The van der Waals surface area contributed by atoms with Crippen LogP contribution in [-0.2, 0) is 13.6 Å². The van der Waals surface area contributed by atoms with E-state index in [2.05, 4.69) is 32.3 Å². The number of hydrogen-bond acceptors (Lipinski definition) is 7. The molecule has 0 bridgehead atoms. The van der Waals surface area contributed by atoms with Crippen molar-refractivity contribution in [3.63, 3.8) is 0 Å². The molecule has 0 unspecified atom stereocenters. The summed E-state index contributed by atoms with van der Waals surface area (Å²) >= 11 is 0. The number of likely N-dealkylation sites (tertiary alicyclic amines) is 1. The van der Waals surface area contributed by atoms with E-state index in [4.69, 9.17) is 14.7 Å². The lowest BCUT2D eigenvalue weighted by molar-refractivity contribution is 0.141. The number of methoxy groups -OCH3 is 1. The van der Waals surface area contributed by atoms with E-state index in [1.807, 2.05) is 30.1 Å². The van der Waals surface area contributed by atoms with Gasteiger partial charge in [-0.15, -0.1) is 0 Å². The van der Waals surface area contributed by atoms with Crippen molar-refractivity contribution in [2.45, 2.75) is 44.7 Å². The molecule has 170 valence electrons. The summed E-state index contributed by atoms with van der Waals surface area (Å²) in [4.78, 5) is 14.9. The number of ether oxygens (including phenoxy) is 1. The van der Waals surface area contributed by atoms with Crippen LogP contribution in [0.25, 0.3) is 11.0 Å². The first-order valence-electron chi connectivity index (χ1n) is 11.8. The van der Waals surface area contributed by atoms with Crippen LogP contribution in [0.15, 0.2) is 30.5 Å². The minimum absolute atomic E-state index is 0.682. The monoisotopic (exact) mass is 435 g/mol. The van der Waals surface area contributed by atoms with Crippen LogP contribution < -0.4 is 15.0 Å². The number of nitrogens with one attached hydrogen (secondary N) is 1. The lowest BCUT2D eigenvalue weighted by Gasteiger charge is -2.40. The molecule has 2 aliphatic heterocycles. The summed E-state index contributed by atoms with van der Waals surface area (Å²) < 4.78 is 7.09. The summed E-state index contributed by atoms with van der Waals surface area (Å²) in [5.74, 6) is 2.50. The third-order valence-corrected chi connectivity index (χ3v) is 6.85. The van der Waals surface area contributed by atoms with Gasteiger partial charge in [0, 0.05) is 32.7 Å². The third-order valence-electron chi connectivity index (χ3n) is 6.85. The Hall–Kier alpha value is -2.87. The second-order valence-corrected chi connectivity index (χ2v) is 8.89. The number of rotatable bonds is 6. The highest BCUT2D eigenvalue weighted by molar-refractivity contribution is 5.87. The van der Waals surface area contributed by atoms with Gasteiger partial charge in [-0.3, -0.25) is 4.68 Å². The minimum Gasteiger partial charge on any atom is -0.497 e. The fourth-order valence-corrected chi connectivity index (χ4v) is 4.93. The predicted octanol–water partition coefficient (Wildman–Crippen LogP) is 3.44. The van der Waals surface area contributed by atoms with Crippen molar-refractivity contribution in [2.75, 3.05) is 43.5 Å². The number of aromatic nitrogens is 4. The first-order valence-corrected chi connectivity index (χ1v) is 11.8. The number of piperidine rings is 2. The maximum absolute atomic E-state index is 5.26. The van der Waals surface area contributed by atoms with Gasteiger partial charge in [-0.1, -0.05) is 18.6 Å². The lowest BCUT2D eigenvalue weighted by atomic mass is 10.0. The average Bonchev–Trinajstić information content (AvgIpc) is 3.24. The van der Waals surface area contributed by atoms with Crippen LogP contribution in [0, 0.1) is 0 Å². The Kier molecular flexibility index (Phi) is 6.12. The van der Waals surface area contributed by atoms with Crippen LogP contribution in [-0.4, -0.2) is 64.0 Å². The van der Waals surface area contributed by atoms with E-state index in [9.17, 15) is 0 Å². The lowest BCUT2D eigenvalue weighted by Crippen LogP contribution is -2.47. The van der Waals surface area contributed by atoms with Crippen molar-refractivity contribution in [2.24, 2.45) is 7.05 Å². The fourth-order valence-electron chi connectivity index (χ4n) is 4.93. The van der Waals surface area contributed by atoms with Crippen LogP contribution in [0.4, 0.5) is 11.8 Å². The quantitative estimate of drug-likeness (QED) is 0.636. The van der Waals surface area contributed by atoms with E-state index in [-0.39, 0.29) is 0 Å². The maximum Gasteiger partial charge on any atom is 0.229 e. The SMILES string of the molecule is COc1ccc(CNc2nc(N3CCC(N4CCCCC4)CC3)nc3c2cnn3C)cc1. The smallest absolute Gasteiger partial charge is 0.229 e. The highest BCUT2D eigenvalue weighted by Gasteiger charge is 2.27. The Morgan fingerprint density at radius 1 is 1.00 bits per heavy atom. The summed E-state index contributed by atoms with van der Waals surface area (Å²) in [5.41, 5.74) is 2.04. The van der Waals surface area contributed by atoms with Gasteiger partial charge < -0.3 is 19.9 Å². The summed E-state index contributed by atoms with van der Waals surface area (Å²) in [6.07, 6.45) is 8.30. The van der Waals surface area contributed by atoms with Crippen LogP contribution in [0.1, 0.15) is 37.7 Å². The Labute approximate surface area is 189 Å². The van der Waals surface area contributed by atoms with E-state index in [1.54, 1.807) is 7.11 Å². The molecule has 2 saturated heterocycles. The number of aryl methyl sites for hydroxylation is 1. The molecule has 1 N–H and O–H groups in total. The molecule has 0 radical (unpaired) electrons. The first kappa shape index (κ1) is 21.0. The van der Waals surface area contributed by atoms with E-state index < -0.39 is 0 Å². The van der Waals surface area contributed by atoms with E-state index in [0.717, 1.165) is 41.6 Å². The second kappa shape index (κ2) is 9.32. The topological polar surface area (TPSA) is 71.3 Å². The Morgan fingerprint density at radius 3 is 2.47 bits per heavy atom. The molecular formula is C24H33N7O. The molecule has 0 atom stereocenters. The van der Waals surface area contributed by atoms with Crippen LogP contribution in [0.3, 0.4) is 0 Å². The second-order valence-electron chi connectivity index (χ2n) is 8.89. The predicted molar refractivity (Wildman–Crippen MR) is 127 cm³/mol. The number of anilines is 2. The molecule has 5 rings (SSSR count). The summed E-state index contributed by atoms with van der Waals surface area (Å²) in [7, 11) is 3.62. The molecule has 3 aromatic rings. The summed E-state index contributed by atoms with van der Waals surface area (Å²) in [6, 6.07) is 8.81. The molecule has 0 amide bonds. The standard InChI is InChI=1S/C24H33N7O/c1-29-23-21(17-26-29)22(25-16-18-6-8-20(32-2)9-7-18)27-24(28-23)31-14-10-19(11-15-31)30-12-4-3-5-13-30/h6-9,17,19H,3-5,10-16H2,1-2H3,(H,25,27,28). The molecule has 1 aromatic carbocycles. The van der Waals surface area contributed by atoms with Crippen molar-refractivity contribution in [1.29, 1.82) is 0 Å². The maximum atomic E-state index is 5.26. The van der Waals surface area contributed by atoms with E-state index >= 15 is 0 Å². The van der Waals surface area contributed by atoms with E-state index in [0.29, 0.717) is 12.6 Å². The van der Waals surface area contributed by atoms with Crippen LogP contribution >= 0.6 is 0 Å². The fraction of sp³-hybridized carbons (Fsp3) is 0.542. The molecule has 0 aliphatic carbocycles. The van der Waals surface area contributed by atoms with Gasteiger partial charge in [-0.2, -0.15) is 15.1 Å². The largest absolute Gasteiger partial charge is 0.497 e. The molecule has 8 nitrogen and oxygen atoms in total. The van der Waals surface area contributed by atoms with Gasteiger partial charge in [0.25, 0.3) is 0 Å². The highest BCUT2D eigenvalue weighted by Crippen LogP contribution is 2.27. The Morgan fingerprint density at radius 2 is 1.75 bits per heavy atom. The van der Waals surface area contributed by atoms with Gasteiger partial charge >= 0.3 is 0 Å². The third kappa shape index (κ3) is 4.37. The number of nitrogens with zero attached hydrogens (tertiary/aromatic N) is 6. The molecule has 4 heterocycles. The Balaban J connectivity index is 1.32. The van der Waals surface area contributed by atoms with Gasteiger partial charge in [0.15, 0.2) is 5.65 Å².